The molecule has 0 fully saturated rings. The number of nitrogens with zero attached hydrogens (tertiary/aromatic N) is 2. The summed E-state index contributed by atoms with van der Waals surface area (Å²) < 4.78 is 35.8. The van der Waals surface area contributed by atoms with Gasteiger partial charge in [-0.3, -0.25) is 9.23 Å². The predicted octanol–water partition coefficient (Wildman–Crippen LogP) is 0.510. The number of anilines is 4. The Morgan fingerprint density at radius 3 is 2.65 bits per heavy atom. The molecule has 0 saturated heterocycles. The normalized spacial score (nSPS) is 11.3. The first-order valence-corrected chi connectivity index (χ1v) is 6.73. The van der Waals surface area contributed by atoms with E-state index < -0.39 is 10.4 Å². The van der Waals surface area contributed by atoms with Crippen LogP contribution in [0.3, 0.4) is 0 Å². The number of aromatic nitrogens is 2. The molecule has 0 amide bonds. The molecule has 1 aromatic heterocycles. The molecule has 2 aromatic rings. The molecule has 9 nitrogen and oxygen atoms in total. The average Bonchev–Trinajstić information content (AvgIpc) is 2.60. The molecule has 1 aromatic carbocycles. The summed E-state index contributed by atoms with van der Waals surface area (Å²) >= 11 is 0. The van der Waals surface area contributed by atoms with Crippen LogP contribution in [0, 0.1) is 0 Å². The van der Waals surface area contributed by atoms with E-state index in [-0.39, 0.29) is 11.6 Å². The summed E-state index contributed by atoms with van der Waals surface area (Å²) in [7, 11) is -3.10. The van der Waals surface area contributed by atoms with Crippen molar-refractivity contribution in [2.75, 3.05) is 16.8 Å². The van der Waals surface area contributed by atoms with Crippen molar-refractivity contribution in [2.45, 2.75) is 0 Å². The maximum absolute atomic E-state index is 10.7. The zero-order chi connectivity index (χ0) is 14.9. The third-order valence-electron chi connectivity index (χ3n) is 2.32. The fourth-order valence-corrected chi connectivity index (χ4v) is 1.88. The lowest BCUT2D eigenvalue weighted by molar-refractivity contribution is 0.379. The molecule has 0 aliphatic rings. The van der Waals surface area contributed by atoms with Gasteiger partial charge in [-0.05, 0) is 18.2 Å². The van der Waals surface area contributed by atoms with Crippen LogP contribution < -0.4 is 21.0 Å². The minimum atomic E-state index is -4.66. The Balaban J connectivity index is 2.33. The lowest BCUT2D eigenvalue weighted by Crippen LogP contribution is -2.08. The molecule has 0 spiro atoms. The smallest absolute Gasteiger partial charge is 0.399 e. The van der Waals surface area contributed by atoms with E-state index in [4.69, 9.17) is 16.0 Å². The van der Waals surface area contributed by atoms with Crippen LogP contribution in [0.2, 0.25) is 0 Å². The van der Waals surface area contributed by atoms with Crippen LogP contribution in [0.1, 0.15) is 0 Å². The van der Waals surface area contributed by atoms with Gasteiger partial charge in [0.15, 0.2) is 0 Å². The third-order valence-corrected chi connectivity index (χ3v) is 2.69. The van der Waals surface area contributed by atoms with Gasteiger partial charge in [-0.2, -0.15) is 8.42 Å². The number of hydrogen-bond donors (Lipinski definition) is 4. The highest BCUT2D eigenvalue weighted by Gasteiger charge is 2.16. The maximum Gasteiger partial charge on any atom is 0.448 e. The first-order chi connectivity index (χ1) is 9.24. The number of aryl methyl sites for hydroxylation is 1. The van der Waals surface area contributed by atoms with Crippen LogP contribution in [0.5, 0.6) is 5.88 Å². The van der Waals surface area contributed by atoms with Gasteiger partial charge in [-0.15, -0.1) is 5.10 Å². The fourth-order valence-electron chi connectivity index (χ4n) is 1.56. The van der Waals surface area contributed by atoms with Crippen molar-refractivity contribution in [1.29, 1.82) is 0 Å². The summed E-state index contributed by atoms with van der Waals surface area (Å²) in [6.07, 6.45) is 1.47. The average molecular weight is 299 g/mol. The summed E-state index contributed by atoms with van der Waals surface area (Å²) in [5.41, 5.74) is 12.9. The molecule has 0 aliphatic heterocycles. The molecule has 0 bridgehead atoms. The Kier molecular flexibility index (Phi) is 3.42. The Morgan fingerprint density at radius 1 is 1.35 bits per heavy atom. The van der Waals surface area contributed by atoms with Crippen LogP contribution in [0.15, 0.2) is 24.4 Å². The van der Waals surface area contributed by atoms with Crippen LogP contribution in [0.25, 0.3) is 0 Å². The van der Waals surface area contributed by atoms with Gasteiger partial charge < -0.3 is 21.0 Å². The molecule has 2 rings (SSSR count). The number of nitrogens with one attached hydrogen (secondary N) is 1. The van der Waals surface area contributed by atoms with Gasteiger partial charge in [0.05, 0.1) is 17.6 Å². The second-order valence-electron chi connectivity index (χ2n) is 4.00. The van der Waals surface area contributed by atoms with E-state index in [0.717, 1.165) is 0 Å². The molecule has 0 radical (unpaired) electrons. The van der Waals surface area contributed by atoms with E-state index in [0.29, 0.717) is 17.1 Å². The zero-order valence-corrected chi connectivity index (χ0v) is 11.3. The minimum Gasteiger partial charge on any atom is -0.399 e. The first kappa shape index (κ1) is 14.0. The Hall–Kier alpha value is -2.46. The van der Waals surface area contributed by atoms with E-state index in [1.54, 1.807) is 25.2 Å². The molecule has 1 heterocycles. The van der Waals surface area contributed by atoms with Gasteiger partial charge in [-0.25, -0.2) is 0 Å². The van der Waals surface area contributed by atoms with Crippen molar-refractivity contribution in [2.24, 2.45) is 7.05 Å². The molecular formula is C10H13N5O4S. The van der Waals surface area contributed by atoms with E-state index >= 15 is 0 Å². The predicted molar refractivity (Wildman–Crippen MR) is 73.9 cm³/mol. The lowest BCUT2D eigenvalue weighted by Gasteiger charge is -2.09. The Bertz CT molecular complexity index is 740. The van der Waals surface area contributed by atoms with E-state index in [9.17, 15) is 8.42 Å². The molecule has 10 heteroatoms. The van der Waals surface area contributed by atoms with Crippen molar-refractivity contribution >= 4 is 33.1 Å². The molecule has 0 saturated carbocycles. The number of nitrogen functional groups attached to an aromatic ring is 2. The van der Waals surface area contributed by atoms with Crippen molar-refractivity contribution < 1.29 is 17.2 Å². The first-order valence-electron chi connectivity index (χ1n) is 5.37. The summed E-state index contributed by atoms with van der Waals surface area (Å²) in [4.78, 5) is 0. The molecule has 20 heavy (non-hydrogen) atoms. The fraction of sp³-hybridized carbons (Fsp3) is 0.100. The van der Waals surface area contributed by atoms with Crippen LogP contribution in [-0.2, 0) is 17.4 Å². The number of rotatable bonds is 4. The molecule has 6 N–H and O–H groups in total. The SMILES string of the molecule is Cn1cc(Nc2ccc(N)cc2N)c(OS(=O)(=O)O)n1. The van der Waals surface area contributed by atoms with Gasteiger partial charge in [-0.1, -0.05) is 0 Å². The van der Waals surface area contributed by atoms with Crippen molar-refractivity contribution in [3.63, 3.8) is 0 Å². The molecule has 0 aliphatic carbocycles. The van der Waals surface area contributed by atoms with Crippen LogP contribution >= 0.6 is 0 Å². The molecular weight excluding hydrogens is 286 g/mol. The Labute approximate surface area is 115 Å². The lowest BCUT2D eigenvalue weighted by atomic mass is 10.2. The van der Waals surface area contributed by atoms with Gasteiger partial charge >= 0.3 is 10.4 Å². The van der Waals surface area contributed by atoms with Crippen LogP contribution in [0.4, 0.5) is 22.7 Å². The molecule has 0 atom stereocenters. The summed E-state index contributed by atoms with van der Waals surface area (Å²) in [5, 5.41) is 6.61. The summed E-state index contributed by atoms with van der Waals surface area (Å²) in [5.74, 6) is -0.300. The van der Waals surface area contributed by atoms with Crippen molar-refractivity contribution in [3.8, 4) is 5.88 Å². The van der Waals surface area contributed by atoms with E-state index in [1.165, 1.54) is 10.9 Å². The molecule has 0 unspecified atom stereocenters. The highest BCUT2D eigenvalue weighted by molar-refractivity contribution is 7.81. The molecule has 108 valence electrons. The largest absolute Gasteiger partial charge is 0.448 e. The zero-order valence-electron chi connectivity index (χ0n) is 10.4. The van der Waals surface area contributed by atoms with Gasteiger partial charge in [0.2, 0.25) is 0 Å². The Morgan fingerprint density at radius 2 is 2.05 bits per heavy atom. The van der Waals surface area contributed by atoms with Crippen molar-refractivity contribution in [3.05, 3.63) is 24.4 Å². The second kappa shape index (κ2) is 4.90. The van der Waals surface area contributed by atoms with Crippen LogP contribution in [-0.4, -0.2) is 22.8 Å². The minimum absolute atomic E-state index is 0.224. The summed E-state index contributed by atoms with van der Waals surface area (Å²) in [6.45, 7) is 0. The monoisotopic (exact) mass is 299 g/mol. The van der Waals surface area contributed by atoms with E-state index in [2.05, 4.69) is 14.6 Å². The second-order valence-corrected chi connectivity index (χ2v) is 5.03. The number of benzene rings is 1. The standard InChI is InChI=1S/C10H13N5O4S/c1-15-5-9(10(14-15)19-20(16,17)18)13-8-3-2-6(11)4-7(8)12/h2-5,13H,11-12H2,1H3,(H,16,17,18). The highest BCUT2D eigenvalue weighted by Crippen LogP contribution is 2.30. The number of hydrogen-bond acceptors (Lipinski definition) is 7. The van der Waals surface area contributed by atoms with Gasteiger partial charge in [0, 0.05) is 12.7 Å². The third kappa shape index (κ3) is 3.30. The quantitative estimate of drug-likeness (QED) is 0.472. The highest BCUT2D eigenvalue weighted by atomic mass is 32.3. The van der Waals surface area contributed by atoms with Gasteiger partial charge in [0.25, 0.3) is 5.88 Å². The summed E-state index contributed by atoms with van der Waals surface area (Å²) in [6, 6.07) is 4.79. The number of nitrogens with two attached hydrogens (primary N) is 2. The van der Waals surface area contributed by atoms with Gasteiger partial charge in [0.1, 0.15) is 5.69 Å². The van der Waals surface area contributed by atoms with E-state index in [1.807, 2.05) is 0 Å². The maximum atomic E-state index is 10.7. The van der Waals surface area contributed by atoms with Crippen molar-refractivity contribution in [1.82, 2.24) is 9.78 Å². The topological polar surface area (TPSA) is 145 Å².